The number of carbonyl (C=O) groups excluding carboxylic acids is 1. The molecule has 0 saturated heterocycles. The number of hydrogen-bond acceptors (Lipinski definition) is 7. The molecule has 5 rings (SSSR count). The van der Waals surface area contributed by atoms with E-state index in [1.807, 2.05) is 6.92 Å². The van der Waals surface area contributed by atoms with Crippen molar-refractivity contribution >= 4 is 58.2 Å². The van der Waals surface area contributed by atoms with Crippen molar-refractivity contribution in [3.63, 3.8) is 0 Å². The molecule has 11 heteroatoms. The van der Waals surface area contributed by atoms with E-state index < -0.39 is 12.0 Å². The van der Waals surface area contributed by atoms with Crippen LogP contribution in [0, 0.1) is 0 Å². The number of halogens is 3. The van der Waals surface area contributed by atoms with E-state index in [1.165, 1.54) is 23.0 Å². The van der Waals surface area contributed by atoms with Gasteiger partial charge in [-0.05, 0) is 61.9 Å². The average molecular weight is 632 g/mol. The molecule has 212 valence electrons. The van der Waals surface area contributed by atoms with Crippen LogP contribution >= 0.6 is 46.1 Å². The maximum Gasteiger partial charge on any atom is 0.338 e. The first-order valence-corrected chi connectivity index (χ1v) is 14.8. The number of hydrogen-bond donors (Lipinski definition) is 0. The summed E-state index contributed by atoms with van der Waals surface area (Å²) < 4.78 is 19.0. The summed E-state index contributed by atoms with van der Waals surface area (Å²) in [6, 6.07) is 12.9. The Morgan fingerprint density at radius 3 is 2.56 bits per heavy atom. The maximum absolute atomic E-state index is 14.0. The third-order valence-electron chi connectivity index (χ3n) is 6.48. The third kappa shape index (κ3) is 5.75. The number of fused-ring (bicyclic) bond motifs is 1. The van der Waals surface area contributed by atoms with Crippen LogP contribution in [0.15, 0.2) is 74.0 Å². The van der Waals surface area contributed by atoms with Crippen molar-refractivity contribution < 1.29 is 18.7 Å². The normalized spacial score (nSPS) is 15.1. The van der Waals surface area contributed by atoms with Crippen molar-refractivity contribution in [2.75, 3.05) is 13.7 Å². The van der Waals surface area contributed by atoms with Gasteiger partial charge in [-0.15, -0.1) is 0 Å². The average Bonchev–Trinajstić information content (AvgIpc) is 3.52. The Morgan fingerprint density at radius 2 is 1.85 bits per heavy atom. The maximum atomic E-state index is 14.0. The lowest BCUT2D eigenvalue weighted by Gasteiger charge is -2.27. The van der Waals surface area contributed by atoms with Crippen LogP contribution in [0.5, 0.6) is 5.75 Å². The van der Waals surface area contributed by atoms with E-state index in [1.54, 1.807) is 61.5 Å². The summed E-state index contributed by atoms with van der Waals surface area (Å²) in [5, 5.41) is 1.40. The van der Waals surface area contributed by atoms with Gasteiger partial charge in [0, 0.05) is 27.2 Å². The van der Waals surface area contributed by atoms with E-state index in [9.17, 15) is 9.59 Å². The number of carbonyl (C=O) groups is 1. The monoisotopic (exact) mass is 630 g/mol. The summed E-state index contributed by atoms with van der Waals surface area (Å²) in [5.74, 6) is 0.911. The SMILES string of the molecule is CCCC1=C(C(=O)OCC)[C@@H](c2cc(Cl)ccc2OC)n2c(s/c(=C/c3ccc(-c4ccc(Cl)cc4Cl)o3)c2=O)=N1. The van der Waals surface area contributed by atoms with Crippen molar-refractivity contribution in [1.29, 1.82) is 0 Å². The van der Waals surface area contributed by atoms with Crippen LogP contribution < -0.4 is 19.6 Å². The van der Waals surface area contributed by atoms with Gasteiger partial charge in [-0.25, -0.2) is 9.79 Å². The van der Waals surface area contributed by atoms with Crippen LogP contribution in [0.3, 0.4) is 0 Å². The lowest BCUT2D eigenvalue weighted by atomic mass is 9.93. The number of nitrogens with zero attached hydrogens (tertiary/aromatic N) is 2. The largest absolute Gasteiger partial charge is 0.496 e. The number of methoxy groups -OCH3 is 1. The molecule has 1 aliphatic rings. The van der Waals surface area contributed by atoms with Crippen molar-refractivity contribution in [2.24, 2.45) is 4.99 Å². The minimum Gasteiger partial charge on any atom is -0.496 e. The molecule has 0 spiro atoms. The van der Waals surface area contributed by atoms with Gasteiger partial charge in [0.15, 0.2) is 4.80 Å². The Morgan fingerprint density at radius 1 is 1.10 bits per heavy atom. The molecule has 1 aliphatic heterocycles. The topological polar surface area (TPSA) is 83.0 Å². The fourth-order valence-electron chi connectivity index (χ4n) is 4.73. The van der Waals surface area contributed by atoms with Crippen LogP contribution in [0.25, 0.3) is 17.4 Å². The van der Waals surface area contributed by atoms with Crippen LogP contribution in [-0.4, -0.2) is 24.3 Å². The number of allylic oxidation sites excluding steroid dienone is 1. The molecule has 3 heterocycles. The fourth-order valence-corrected chi connectivity index (χ4v) is 6.41. The highest BCUT2D eigenvalue weighted by molar-refractivity contribution is 7.07. The highest BCUT2D eigenvalue weighted by atomic mass is 35.5. The highest BCUT2D eigenvalue weighted by Gasteiger charge is 2.36. The lowest BCUT2D eigenvalue weighted by molar-refractivity contribution is -0.139. The molecule has 0 radical (unpaired) electrons. The lowest BCUT2D eigenvalue weighted by Crippen LogP contribution is -2.40. The Bertz CT molecular complexity index is 1850. The molecule has 41 heavy (non-hydrogen) atoms. The molecule has 0 bridgehead atoms. The smallest absolute Gasteiger partial charge is 0.338 e. The highest BCUT2D eigenvalue weighted by Crippen LogP contribution is 2.38. The zero-order chi connectivity index (χ0) is 29.3. The molecule has 7 nitrogen and oxygen atoms in total. The summed E-state index contributed by atoms with van der Waals surface area (Å²) in [4.78, 5) is 32.6. The quantitative estimate of drug-likeness (QED) is 0.200. The Balaban J connectivity index is 1.71. The van der Waals surface area contributed by atoms with Crippen LogP contribution in [-0.2, 0) is 9.53 Å². The van der Waals surface area contributed by atoms with E-state index in [0.717, 1.165) is 6.42 Å². The minimum atomic E-state index is -0.859. The van der Waals surface area contributed by atoms with Gasteiger partial charge in [0.25, 0.3) is 5.56 Å². The number of benzene rings is 2. The summed E-state index contributed by atoms with van der Waals surface area (Å²) in [7, 11) is 1.53. The van der Waals surface area contributed by atoms with Gasteiger partial charge in [-0.2, -0.15) is 0 Å². The van der Waals surface area contributed by atoms with Gasteiger partial charge in [0.2, 0.25) is 0 Å². The predicted octanol–water partition coefficient (Wildman–Crippen LogP) is 6.81. The van der Waals surface area contributed by atoms with E-state index in [2.05, 4.69) is 0 Å². The Hall–Kier alpha value is -3.30. The molecule has 2 aromatic carbocycles. The minimum absolute atomic E-state index is 0.171. The molecule has 4 aromatic rings. The second kappa shape index (κ2) is 12.3. The Labute approximate surface area is 254 Å². The summed E-state index contributed by atoms with van der Waals surface area (Å²) in [6.45, 7) is 3.90. The van der Waals surface area contributed by atoms with Gasteiger partial charge < -0.3 is 13.9 Å². The summed E-state index contributed by atoms with van der Waals surface area (Å²) >= 11 is 20.0. The third-order valence-corrected chi connectivity index (χ3v) is 8.24. The first kappa shape index (κ1) is 29.2. The molecule has 1 atom stereocenters. The second-order valence-electron chi connectivity index (χ2n) is 9.13. The fraction of sp³-hybridized carbons (Fsp3) is 0.233. The zero-order valence-corrected chi connectivity index (χ0v) is 25.5. The molecule has 2 aromatic heterocycles. The number of esters is 1. The van der Waals surface area contributed by atoms with Gasteiger partial charge >= 0.3 is 5.97 Å². The number of rotatable bonds is 8. The van der Waals surface area contributed by atoms with E-state index in [4.69, 9.17) is 53.7 Å². The summed E-state index contributed by atoms with van der Waals surface area (Å²) in [5.41, 5.74) is 1.72. The zero-order valence-electron chi connectivity index (χ0n) is 22.4. The van der Waals surface area contributed by atoms with Crippen molar-refractivity contribution in [3.8, 4) is 17.1 Å². The molecule has 0 unspecified atom stereocenters. The number of ether oxygens (including phenoxy) is 2. The van der Waals surface area contributed by atoms with Crippen molar-refractivity contribution in [2.45, 2.75) is 32.7 Å². The van der Waals surface area contributed by atoms with Gasteiger partial charge in [0.05, 0.1) is 34.5 Å². The van der Waals surface area contributed by atoms with E-state index >= 15 is 0 Å². The second-order valence-corrected chi connectivity index (χ2v) is 11.4. The van der Waals surface area contributed by atoms with E-state index in [0.29, 0.717) is 64.9 Å². The van der Waals surface area contributed by atoms with Crippen LogP contribution in [0.1, 0.15) is 44.1 Å². The summed E-state index contributed by atoms with van der Waals surface area (Å²) in [6.07, 6.45) is 2.90. The molecule has 0 saturated carbocycles. The van der Waals surface area contributed by atoms with Crippen molar-refractivity contribution in [1.82, 2.24) is 4.57 Å². The van der Waals surface area contributed by atoms with Gasteiger partial charge in [0.1, 0.15) is 23.3 Å². The Kier molecular flexibility index (Phi) is 8.75. The number of thiazole rings is 1. The van der Waals surface area contributed by atoms with Crippen LogP contribution in [0.2, 0.25) is 15.1 Å². The van der Waals surface area contributed by atoms with Gasteiger partial charge in [-0.3, -0.25) is 9.36 Å². The number of furan rings is 1. The van der Waals surface area contributed by atoms with Crippen LogP contribution in [0.4, 0.5) is 0 Å². The standard InChI is InChI=1S/C30H25Cl3N2O5S/c1-4-6-22-26(29(37)39-5-2)27(20-13-16(31)8-11-23(20)38-3)35-28(36)25(41-30(35)34-22)15-18-9-12-24(40-18)19-10-7-17(32)14-21(19)33/h7-15,27H,4-6H2,1-3H3/b25-15+/t27-/m1/s1. The predicted molar refractivity (Wildman–Crippen MR) is 162 cm³/mol. The first-order chi connectivity index (χ1) is 19.7. The van der Waals surface area contributed by atoms with Gasteiger partial charge in [-0.1, -0.05) is 59.5 Å². The van der Waals surface area contributed by atoms with Crippen molar-refractivity contribution in [3.05, 3.63) is 106 Å². The first-order valence-electron chi connectivity index (χ1n) is 12.9. The molecule has 0 amide bonds. The number of aromatic nitrogens is 1. The molecular formula is C30H25Cl3N2O5S. The molecule has 0 fully saturated rings. The molecular weight excluding hydrogens is 607 g/mol. The van der Waals surface area contributed by atoms with E-state index in [-0.39, 0.29) is 17.7 Å². The molecule has 0 N–H and O–H groups in total. The molecule has 0 aliphatic carbocycles.